The molecule has 4 nitrogen and oxygen atoms in total. The van der Waals surface area contributed by atoms with Gasteiger partial charge in [0, 0.05) is 24.8 Å². The maximum Gasteiger partial charge on any atom is 0.241 e. The summed E-state index contributed by atoms with van der Waals surface area (Å²) >= 11 is 0. The summed E-state index contributed by atoms with van der Waals surface area (Å²) in [6.07, 6.45) is 3.85. The average Bonchev–Trinajstić information content (AvgIpc) is 2.58. The van der Waals surface area contributed by atoms with E-state index in [1.807, 2.05) is 18.2 Å². The van der Waals surface area contributed by atoms with Gasteiger partial charge < -0.3 is 11.1 Å². The molecule has 2 heterocycles. The van der Waals surface area contributed by atoms with Gasteiger partial charge in [0.05, 0.1) is 6.04 Å². The number of hydrogen-bond donors (Lipinski definition) is 2. The number of para-hydroxylation sites is 1. The SMILES string of the molecule is Cl.Cl.NC1CCN(C2CCc3ccccc3NC2=O)CC1. The van der Waals surface area contributed by atoms with E-state index in [9.17, 15) is 4.79 Å². The molecule has 0 bridgehead atoms. The first-order valence-electron chi connectivity index (χ1n) is 7.12. The quantitative estimate of drug-likeness (QED) is 0.829. The molecule has 0 spiro atoms. The van der Waals surface area contributed by atoms with Crippen LogP contribution in [0.3, 0.4) is 0 Å². The van der Waals surface area contributed by atoms with Crippen LogP contribution < -0.4 is 11.1 Å². The van der Waals surface area contributed by atoms with Crippen LogP contribution in [0.2, 0.25) is 0 Å². The summed E-state index contributed by atoms with van der Waals surface area (Å²) in [6, 6.07) is 8.40. The van der Waals surface area contributed by atoms with E-state index < -0.39 is 0 Å². The van der Waals surface area contributed by atoms with Crippen LogP contribution in [-0.2, 0) is 11.2 Å². The highest BCUT2D eigenvalue weighted by Crippen LogP contribution is 2.25. The molecule has 1 amide bonds. The van der Waals surface area contributed by atoms with Crippen molar-refractivity contribution >= 4 is 36.4 Å². The third kappa shape index (κ3) is 4.10. The van der Waals surface area contributed by atoms with Gasteiger partial charge in [-0.1, -0.05) is 18.2 Å². The van der Waals surface area contributed by atoms with Crippen LogP contribution in [0.1, 0.15) is 24.8 Å². The summed E-state index contributed by atoms with van der Waals surface area (Å²) in [7, 11) is 0. The van der Waals surface area contributed by atoms with Crippen LogP contribution in [0.5, 0.6) is 0 Å². The molecule has 6 heteroatoms. The molecule has 3 N–H and O–H groups in total. The van der Waals surface area contributed by atoms with Crippen molar-refractivity contribution in [3.8, 4) is 0 Å². The molecule has 3 rings (SSSR count). The molecule has 0 aromatic heterocycles. The zero-order chi connectivity index (χ0) is 13.2. The van der Waals surface area contributed by atoms with E-state index in [4.69, 9.17) is 5.73 Å². The van der Waals surface area contributed by atoms with E-state index in [1.165, 1.54) is 5.56 Å². The molecule has 1 saturated heterocycles. The van der Waals surface area contributed by atoms with Crippen molar-refractivity contribution in [3.05, 3.63) is 29.8 Å². The van der Waals surface area contributed by atoms with Crippen LogP contribution in [0.15, 0.2) is 24.3 Å². The molecule has 2 aliphatic heterocycles. The van der Waals surface area contributed by atoms with E-state index >= 15 is 0 Å². The van der Waals surface area contributed by atoms with Crippen LogP contribution in [0.4, 0.5) is 5.69 Å². The minimum Gasteiger partial charge on any atom is -0.328 e. The van der Waals surface area contributed by atoms with Crippen molar-refractivity contribution in [2.75, 3.05) is 18.4 Å². The minimum absolute atomic E-state index is 0. The second kappa shape index (κ2) is 7.99. The Labute approximate surface area is 138 Å². The van der Waals surface area contributed by atoms with Crippen molar-refractivity contribution in [2.24, 2.45) is 5.73 Å². The summed E-state index contributed by atoms with van der Waals surface area (Å²) in [5, 5.41) is 3.07. The lowest BCUT2D eigenvalue weighted by Crippen LogP contribution is -2.49. The number of carbonyl (C=O) groups is 1. The molecule has 1 fully saturated rings. The smallest absolute Gasteiger partial charge is 0.241 e. The second-order valence-corrected chi connectivity index (χ2v) is 5.57. The first kappa shape index (κ1) is 18.2. The molecular weight excluding hydrogens is 309 g/mol. The topological polar surface area (TPSA) is 58.4 Å². The number of nitrogens with one attached hydrogen (secondary N) is 1. The standard InChI is InChI=1S/C15H21N3O.2ClH/c16-12-7-9-18(10-8-12)14-6-5-11-3-1-2-4-13(11)17-15(14)19;;/h1-4,12,14H,5-10,16H2,(H,17,19);2*1H. The number of fused-ring (bicyclic) bond motifs is 1. The molecule has 2 aliphatic rings. The number of carbonyl (C=O) groups excluding carboxylic acids is 1. The Kier molecular flexibility index (Phi) is 6.94. The second-order valence-electron chi connectivity index (χ2n) is 5.57. The third-order valence-corrected chi connectivity index (χ3v) is 4.28. The molecule has 1 aromatic rings. The number of amides is 1. The number of hydrogen-bond acceptors (Lipinski definition) is 3. The minimum atomic E-state index is -0.0000926. The van der Waals surface area contributed by atoms with Crippen LogP contribution in [0.25, 0.3) is 0 Å². The highest BCUT2D eigenvalue weighted by Gasteiger charge is 2.30. The molecule has 21 heavy (non-hydrogen) atoms. The Hall–Kier alpha value is -0.810. The predicted molar refractivity (Wildman–Crippen MR) is 90.5 cm³/mol. The Bertz CT molecular complexity index is 476. The number of rotatable bonds is 1. The Morgan fingerprint density at radius 3 is 2.48 bits per heavy atom. The zero-order valence-electron chi connectivity index (χ0n) is 12.0. The van der Waals surface area contributed by atoms with E-state index in [-0.39, 0.29) is 36.8 Å². The van der Waals surface area contributed by atoms with Crippen LogP contribution in [-0.4, -0.2) is 36.0 Å². The Balaban J connectivity index is 0.00000110. The highest BCUT2D eigenvalue weighted by atomic mass is 35.5. The molecular formula is C15H23Cl2N3O. The summed E-state index contributed by atoms with van der Waals surface area (Å²) in [4.78, 5) is 14.7. The van der Waals surface area contributed by atoms with Gasteiger partial charge in [0.2, 0.25) is 5.91 Å². The van der Waals surface area contributed by atoms with Crippen LogP contribution in [0, 0.1) is 0 Å². The summed E-state index contributed by atoms with van der Waals surface area (Å²) in [5.41, 5.74) is 8.15. The number of piperidine rings is 1. The number of benzene rings is 1. The van der Waals surface area contributed by atoms with Gasteiger partial charge in [0.1, 0.15) is 0 Å². The maximum atomic E-state index is 12.4. The Morgan fingerprint density at radius 1 is 1.10 bits per heavy atom. The van der Waals surface area contributed by atoms with E-state index in [0.717, 1.165) is 44.5 Å². The molecule has 118 valence electrons. The number of likely N-dealkylation sites (tertiary alicyclic amines) is 1. The van der Waals surface area contributed by atoms with Gasteiger partial charge in [0.25, 0.3) is 0 Å². The average molecular weight is 332 g/mol. The number of aryl methyl sites for hydroxylation is 1. The fourth-order valence-corrected chi connectivity index (χ4v) is 3.08. The molecule has 0 radical (unpaired) electrons. The van der Waals surface area contributed by atoms with Crippen LogP contribution >= 0.6 is 24.8 Å². The molecule has 1 aromatic carbocycles. The van der Waals surface area contributed by atoms with Crippen molar-refractivity contribution in [1.29, 1.82) is 0 Å². The van der Waals surface area contributed by atoms with Crippen molar-refractivity contribution in [2.45, 2.75) is 37.8 Å². The first-order valence-corrected chi connectivity index (χ1v) is 7.12. The molecule has 0 saturated carbocycles. The van der Waals surface area contributed by atoms with Gasteiger partial charge in [-0.25, -0.2) is 0 Å². The monoisotopic (exact) mass is 331 g/mol. The zero-order valence-corrected chi connectivity index (χ0v) is 13.6. The molecule has 1 unspecified atom stereocenters. The van der Waals surface area contributed by atoms with Gasteiger partial charge in [-0.15, -0.1) is 24.8 Å². The summed E-state index contributed by atoms with van der Waals surface area (Å²) < 4.78 is 0. The lowest BCUT2D eigenvalue weighted by molar-refractivity contribution is -0.121. The van der Waals surface area contributed by atoms with E-state index in [2.05, 4.69) is 16.3 Å². The highest BCUT2D eigenvalue weighted by molar-refractivity contribution is 5.96. The van der Waals surface area contributed by atoms with Gasteiger partial charge in [-0.3, -0.25) is 9.69 Å². The van der Waals surface area contributed by atoms with E-state index in [1.54, 1.807) is 0 Å². The summed E-state index contributed by atoms with van der Waals surface area (Å²) in [6.45, 7) is 1.88. The van der Waals surface area contributed by atoms with Crippen molar-refractivity contribution in [1.82, 2.24) is 4.90 Å². The van der Waals surface area contributed by atoms with Crippen molar-refractivity contribution in [3.63, 3.8) is 0 Å². The van der Waals surface area contributed by atoms with Gasteiger partial charge in [0.15, 0.2) is 0 Å². The van der Waals surface area contributed by atoms with Gasteiger partial charge >= 0.3 is 0 Å². The largest absolute Gasteiger partial charge is 0.328 e. The number of nitrogens with two attached hydrogens (primary N) is 1. The lowest BCUT2D eigenvalue weighted by atomic mass is 10.0. The normalized spacial score (nSPS) is 23.1. The molecule has 1 atom stereocenters. The first-order chi connectivity index (χ1) is 9.24. The fourth-order valence-electron chi connectivity index (χ4n) is 3.08. The maximum absolute atomic E-state index is 12.4. The lowest BCUT2D eigenvalue weighted by Gasteiger charge is -2.35. The van der Waals surface area contributed by atoms with Gasteiger partial charge in [-0.05, 0) is 37.3 Å². The summed E-state index contributed by atoms with van der Waals surface area (Å²) in [5.74, 6) is 0.139. The third-order valence-electron chi connectivity index (χ3n) is 4.28. The predicted octanol–water partition coefficient (Wildman–Crippen LogP) is 2.21. The van der Waals surface area contributed by atoms with Gasteiger partial charge in [-0.2, -0.15) is 0 Å². The van der Waals surface area contributed by atoms with Crippen molar-refractivity contribution < 1.29 is 4.79 Å². The van der Waals surface area contributed by atoms with E-state index in [0.29, 0.717) is 6.04 Å². The fraction of sp³-hybridized carbons (Fsp3) is 0.533. The molecule has 0 aliphatic carbocycles. The number of halogens is 2. The number of nitrogens with zero attached hydrogens (tertiary/aromatic N) is 1. The number of anilines is 1. The Morgan fingerprint density at radius 2 is 1.76 bits per heavy atom.